The van der Waals surface area contributed by atoms with Crippen LogP contribution in [0.2, 0.25) is 10.0 Å². The van der Waals surface area contributed by atoms with Gasteiger partial charge >= 0.3 is 6.18 Å². The number of carbonyl (C=O) groups excluding carboxylic acids is 2. The molecule has 43 heavy (non-hydrogen) atoms. The molecule has 3 aromatic rings. The van der Waals surface area contributed by atoms with Crippen LogP contribution in [-0.2, 0) is 12.6 Å². The van der Waals surface area contributed by atoms with E-state index >= 15 is 0 Å². The highest BCUT2D eigenvalue weighted by molar-refractivity contribution is 6.36. The highest BCUT2D eigenvalue weighted by Gasteiger charge is 2.39. The van der Waals surface area contributed by atoms with E-state index in [1.54, 1.807) is 30.3 Å². The second-order valence-corrected chi connectivity index (χ2v) is 12.8. The van der Waals surface area contributed by atoms with Crippen LogP contribution in [0.5, 0.6) is 0 Å². The normalized spacial score (nSPS) is 19.8. The fourth-order valence-electron chi connectivity index (χ4n) is 6.76. The Kier molecular flexibility index (Phi) is 8.11. The molecule has 1 unspecified atom stereocenters. The molecule has 3 aliphatic rings. The Morgan fingerprint density at radius 3 is 2.19 bits per heavy atom. The Hall–Kier alpha value is -3.23. The van der Waals surface area contributed by atoms with Crippen molar-refractivity contribution in [3.8, 4) is 0 Å². The van der Waals surface area contributed by atoms with Crippen molar-refractivity contribution < 1.29 is 22.8 Å². The minimum absolute atomic E-state index is 0.00226. The molecule has 0 aromatic heterocycles. The van der Waals surface area contributed by atoms with Gasteiger partial charge in [-0.05, 0) is 110 Å². The first-order chi connectivity index (χ1) is 20.5. The fourth-order valence-corrected chi connectivity index (χ4v) is 7.26. The summed E-state index contributed by atoms with van der Waals surface area (Å²) in [5.74, 6) is -0.278. The first-order valence-corrected chi connectivity index (χ1v) is 15.4. The molecule has 2 heterocycles. The molecule has 0 bridgehead atoms. The summed E-state index contributed by atoms with van der Waals surface area (Å²) < 4.78 is 38.8. The van der Waals surface area contributed by atoms with Gasteiger partial charge in [0, 0.05) is 42.5 Å². The summed E-state index contributed by atoms with van der Waals surface area (Å²) in [6.45, 7) is 2.92. The van der Waals surface area contributed by atoms with Crippen LogP contribution in [0, 0.1) is 5.41 Å². The molecule has 2 aliphatic heterocycles. The number of halogens is 5. The number of carbonyl (C=O) groups is 2. The number of alkyl halides is 3. The van der Waals surface area contributed by atoms with Gasteiger partial charge in [-0.1, -0.05) is 29.3 Å². The number of nitrogens with zero attached hydrogens (tertiary/aromatic N) is 2. The number of anilines is 1. The quantitative estimate of drug-likeness (QED) is 0.319. The summed E-state index contributed by atoms with van der Waals surface area (Å²) >= 11 is 12.2. The van der Waals surface area contributed by atoms with Crippen molar-refractivity contribution in [2.75, 3.05) is 31.1 Å². The third-order valence-electron chi connectivity index (χ3n) is 9.45. The third kappa shape index (κ3) is 6.22. The van der Waals surface area contributed by atoms with Gasteiger partial charge in [0.05, 0.1) is 22.2 Å². The van der Waals surface area contributed by atoms with Gasteiger partial charge in [0.15, 0.2) is 0 Å². The molecule has 1 spiro atoms. The summed E-state index contributed by atoms with van der Waals surface area (Å²) in [6.07, 6.45) is 0.955. The SMILES string of the molecule is O=C(NC1CCc2ccc(C(=O)N3CCC4(CC3)CCN(c3ccc(C(F)(F)F)cc3)CC4)cc21)c1ccc(Cl)cc1Cl. The monoisotopic (exact) mass is 629 g/mol. The van der Waals surface area contributed by atoms with E-state index in [2.05, 4.69) is 10.2 Å². The zero-order valence-electron chi connectivity index (χ0n) is 23.5. The highest BCUT2D eigenvalue weighted by atomic mass is 35.5. The molecule has 1 N–H and O–H groups in total. The van der Waals surface area contributed by atoms with E-state index in [4.69, 9.17) is 23.2 Å². The number of rotatable bonds is 4. The largest absolute Gasteiger partial charge is 0.416 e. The summed E-state index contributed by atoms with van der Waals surface area (Å²) in [6, 6.07) is 15.8. The lowest BCUT2D eigenvalue weighted by Gasteiger charge is -2.47. The molecular weight excluding hydrogens is 598 g/mol. The summed E-state index contributed by atoms with van der Waals surface area (Å²) in [5.41, 5.74) is 3.41. The van der Waals surface area contributed by atoms with Crippen molar-refractivity contribution in [2.45, 2.75) is 50.7 Å². The molecular formula is C33H32Cl2F3N3O2. The zero-order valence-corrected chi connectivity index (χ0v) is 25.0. The Morgan fingerprint density at radius 2 is 1.53 bits per heavy atom. The number of nitrogens with one attached hydrogen (secondary N) is 1. The highest BCUT2D eigenvalue weighted by Crippen LogP contribution is 2.43. The molecule has 2 saturated heterocycles. The van der Waals surface area contributed by atoms with Crippen LogP contribution in [0.25, 0.3) is 0 Å². The van der Waals surface area contributed by atoms with Crippen molar-refractivity contribution in [2.24, 2.45) is 5.41 Å². The van der Waals surface area contributed by atoms with Gasteiger partial charge in [0.25, 0.3) is 11.8 Å². The van der Waals surface area contributed by atoms with Crippen molar-refractivity contribution in [3.63, 3.8) is 0 Å². The number of hydrogen-bond acceptors (Lipinski definition) is 3. The van der Waals surface area contributed by atoms with Gasteiger partial charge in [0.1, 0.15) is 0 Å². The van der Waals surface area contributed by atoms with Crippen LogP contribution in [0.1, 0.15) is 75.6 Å². The van der Waals surface area contributed by atoms with Crippen molar-refractivity contribution in [1.82, 2.24) is 10.2 Å². The van der Waals surface area contributed by atoms with Gasteiger partial charge in [-0.3, -0.25) is 9.59 Å². The Balaban J connectivity index is 1.05. The lowest BCUT2D eigenvalue weighted by Crippen LogP contribution is -2.48. The van der Waals surface area contributed by atoms with Crippen LogP contribution in [0.3, 0.4) is 0 Å². The van der Waals surface area contributed by atoms with Crippen molar-refractivity contribution in [1.29, 1.82) is 0 Å². The second kappa shape index (κ2) is 11.7. The first kappa shape index (κ1) is 29.8. The molecule has 226 valence electrons. The van der Waals surface area contributed by atoms with Gasteiger partial charge in [-0.2, -0.15) is 13.2 Å². The van der Waals surface area contributed by atoms with Crippen LogP contribution < -0.4 is 10.2 Å². The second-order valence-electron chi connectivity index (χ2n) is 11.9. The molecule has 1 atom stereocenters. The number of benzene rings is 3. The van der Waals surface area contributed by atoms with Crippen LogP contribution in [0.4, 0.5) is 18.9 Å². The average molecular weight is 631 g/mol. The summed E-state index contributed by atoms with van der Waals surface area (Å²) in [4.78, 5) is 30.6. The smallest absolute Gasteiger partial charge is 0.371 e. The van der Waals surface area contributed by atoms with E-state index in [-0.39, 0.29) is 23.3 Å². The number of fused-ring (bicyclic) bond motifs is 1. The molecule has 0 saturated carbocycles. The van der Waals surface area contributed by atoms with Crippen LogP contribution in [0.15, 0.2) is 60.7 Å². The molecule has 2 amide bonds. The molecule has 1 aliphatic carbocycles. The Bertz CT molecular complexity index is 1530. The summed E-state index contributed by atoms with van der Waals surface area (Å²) in [7, 11) is 0. The maximum Gasteiger partial charge on any atom is 0.416 e. The van der Waals surface area contributed by atoms with Crippen molar-refractivity contribution >= 4 is 40.7 Å². The van der Waals surface area contributed by atoms with E-state index in [0.717, 1.165) is 80.6 Å². The topological polar surface area (TPSA) is 52.7 Å². The predicted molar refractivity (Wildman–Crippen MR) is 162 cm³/mol. The summed E-state index contributed by atoms with van der Waals surface area (Å²) in [5, 5.41) is 3.83. The van der Waals surface area contributed by atoms with E-state index in [1.807, 2.05) is 23.1 Å². The van der Waals surface area contributed by atoms with E-state index in [9.17, 15) is 22.8 Å². The lowest BCUT2D eigenvalue weighted by atomic mass is 9.71. The third-order valence-corrected chi connectivity index (χ3v) is 9.99. The predicted octanol–water partition coefficient (Wildman–Crippen LogP) is 7.95. The van der Waals surface area contributed by atoms with Crippen LogP contribution >= 0.6 is 23.2 Å². The molecule has 0 radical (unpaired) electrons. The average Bonchev–Trinajstić information content (AvgIpc) is 3.39. The molecule has 2 fully saturated rings. The first-order valence-electron chi connectivity index (χ1n) is 14.6. The standard InChI is InChI=1S/C33H32Cl2F3N3O2/c34-24-6-9-26(28(35)20-24)30(42)39-29-10-3-21-1-2-22(19-27(21)29)31(43)41-17-13-32(14-18-41)11-15-40(16-12-32)25-7-4-23(5-8-25)33(36,37)38/h1-2,4-9,19-20,29H,3,10-18H2,(H,39,42). The van der Waals surface area contributed by atoms with Gasteiger partial charge in [0.2, 0.25) is 0 Å². The molecule has 10 heteroatoms. The molecule has 3 aromatic carbocycles. The fraction of sp³-hybridized carbons (Fsp3) is 0.394. The lowest BCUT2D eigenvalue weighted by molar-refractivity contribution is -0.137. The molecule has 5 nitrogen and oxygen atoms in total. The van der Waals surface area contributed by atoms with E-state index in [0.29, 0.717) is 34.3 Å². The maximum atomic E-state index is 13.6. The van der Waals surface area contributed by atoms with Crippen molar-refractivity contribution in [3.05, 3.63) is 98.5 Å². The number of piperidine rings is 2. The molecule has 6 rings (SSSR count). The van der Waals surface area contributed by atoms with Crippen LogP contribution in [-0.4, -0.2) is 42.9 Å². The number of amides is 2. The number of hydrogen-bond donors (Lipinski definition) is 1. The zero-order chi connectivity index (χ0) is 30.4. The Labute approximate surface area is 258 Å². The van der Waals surface area contributed by atoms with E-state index < -0.39 is 11.7 Å². The van der Waals surface area contributed by atoms with E-state index in [1.165, 1.54) is 0 Å². The van der Waals surface area contributed by atoms with Gasteiger partial charge in [-0.25, -0.2) is 0 Å². The minimum Gasteiger partial charge on any atom is -0.371 e. The van der Waals surface area contributed by atoms with Gasteiger partial charge in [-0.15, -0.1) is 0 Å². The number of aryl methyl sites for hydroxylation is 1. The van der Waals surface area contributed by atoms with Gasteiger partial charge < -0.3 is 15.1 Å². The Morgan fingerprint density at radius 1 is 0.860 bits per heavy atom. The minimum atomic E-state index is -4.33. The number of likely N-dealkylation sites (tertiary alicyclic amines) is 1. The maximum absolute atomic E-state index is 13.6.